The van der Waals surface area contributed by atoms with Crippen LogP contribution in [0.2, 0.25) is 0 Å². The van der Waals surface area contributed by atoms with Crippen molar-refractivity contribution in [1.82, 2.24) is 0 Å². The molecule has 0 aliphatic carbocycles. The maximum atomic E-state index is 13.1. The number of halogens is 3. The Balaban J connectivity index is 2.25. The lowest BCUT2D eigenvalue weighted by molar-refractivity contribution is 0.624. The van der Waals surface area contributed by atoms with Crippen LogP contribution in [0, 0.1) is 12.7 Å². The molecule has 4 heteroatoms. The second kappa shape index (κ2) is 6.16. The van der Waals surface area contributed by atoms with Gasteiger partial charge in [0.25, 0.3) is 0 Å². The zero-order chi connectivity index (χ0) is 14.0. The largest absolute Gasteiger partial charge is 0.324 e. The molecule has 0 saturated heterocycles. The number of nitrogens with two attached hydrogens (primary N) is 1. The first-order chi connectivity index (χ1) is 8.97. The third-order valence-electron chi connectivity index (χ3n) is 3.01. The van der Waals surface area contributed by atoms with Gasteiger partial charge < -0.3 is 5.73 Å². The first-order valence-electron chi connectivity index (χ1n) is 5.93. The minimum atomic E-state index is -0.249. The van der Waals surface area contributed by atoms with Crippen molar-refractivity contribution in [2.45, 2.75) is 19.4 Å². The summed E-state index contributed by atoms with van der Waals surface area (Å²) >= 11 is 6.90. The molecule has 1 atom stereocenters. The molecule has 100 valence electrons. The summed E-state index contributed by atoms with van der Waals surface area (Å²) in [7, 11) is 0. The molecule has 2 aromatic rings. The van der Waals surface area contributed by atoms with Crippen molar-refractivity contribution >= 4 is 31.9 Å². The minimum absolute atomic E-state index is 0.129. The van der Waals surface area contributed by atoms with Gasteiger partial charge in [-0.3, -0.25) is 0 Å². The first-order valence-corrected chi connectivity index (χ1v) is 7.51. The van der Waals surface area contributed by atoms with Crippen LogP contribution in [0.1, 0.15) is 22.7 Å². The van der Waals surface area contributed by atoms with Crippen molar-refractivity contribution < 1.29 is 4.39 Å². The average molecular weight is 387 g/mol. The maximum absolute atomic E-state index is 13.1. The van der Waals surface area contributed by atoms with E-state index in [2.05, 4.69) is 37.9 Å². The highest BCUT2D eigenvalue weighted by atomic mass is 79.9. The van der Waals surface area contributed by atoms with Crippen LogP contribution < -0.4 is 5.73 Å². The third kappa shape index (κ3) is 3.65. The number of rotatable bonds is 3. The van der Waals surface area contributed by atoms with Crippen LogP contribution in [0.5, 0.6) is 0 Å². The molecule has 2 N–H and O–H groups in total. The van der Waals surface area contributed by atoms with Crippen LogP contribution in [0.15, 0.2) is 45.3 Å². The Morgan fingerprint density at radius 2 is 1.84 bits per heavy atom. The van der Waals surface area contributed by atoms with Gasteiger partial charge in [0.2, 0.25) is 0 Å². The third-order valence-corrected chi connectivity index (χ3v) is 4.47. The predicted octanol–water partition coefficient (Wildman–Crippen LogP) is 4.90. The Bertz CT molecular complexity index is 599. The first kappa shape index (κ1) is 14.7. The average Bonchev–Trinajstić information content (AvgIpc) is 2.35. The van der Waals surface area contributed by atoms with E-state index in [-0.39, 0.29) is 11.9 Å². The van der Waals surface area contributed by atoms with E-state index in [9.17, 15) is 4.39 Å². The second-order valence-corrected chi connectivity index (χ2v) is 6.28. The van der Waals surface area contributed by atoms with Gasteiger partial charge in [-0.25, -0.2) is 4.39 Å². The Hall–Kier alpha value is -0.710. The lowest BCUT2D eigenvalue weighted by Gasteiger charge is -2.16. The number of aryl methyl sites for hydroxylation is 1. The van der Waals surface area contributed by atoms with E-state index in [0.29, 0.717) is 6.42 Å². The van der Waals surface area contributed by atoms with Crippen LogP contribution in [0.25, 0.3) is 0 Å². The monoisotopic (exact) mass is 385 g/mol. The van der Waals surface area contributed by atoms with Crippen molar-refractivity contribution in [3.8, 4) is 0 Å². The van der Waals surface area contributed by atoms with Crippen molar-refractivity contribution in [3.05, 3.63) is 67.9 Å². The van der Waals surface area contributed by atoms with Gasteiger partial charge in [0.1, 0.15) is 5.82 Å². The Morgan fingerprint density at radius 1 is 1.11 bits per heavy atom. The molecule has 2 rings (SSSR count). The van der Waals surface area contributed by atoms with Crippen LogP contribution in [-0.4, -0.2) is 0 Å². The summed E-state index contributed by atoms with van der Waals surface area (Å²) in [5.74, 6) is -0.249. The molecule has 0 aliphatic heterocycles. The summed E-state index contributed by atoms with van der Waals surface area (Å²) in [6, 6.07) is 10.7. The molecule has 0 fully saturated rings. The quantitative estimate of drug-likeness (QED) is 0.797. The molecule has 1 nitrogen and oxygen atoms in total. The highest BCUT2D eigenvalue weighted by molar-refractivity contribution is 9.10. The van der Waals surface area contributed by atoms with E-state index in [4.69, 9.17) is 5.73 Å². The Labute approximate surface area is 129 Å². The fraction of sp³-hybridized carbons (Fsp3) is 0.200. The van der Waals surface area contributed by atoms with Crippen LogP contribution in [0.3, 0.4) is 0 Å². The highest BCUT2D eigenvalue weighted by Crippen LogP contribution is 2.28. The minimum Gasteiger partial charge on any atom is -0.324 e. The van der Waals surface area contributed by atoms with Crippen molar-refractivity contribution in [3.63, 3.8) is 0 Å². The van der Waals surface area contributed by atoms with E-state index in [0.717, 1.165) is 20.1 Å². The molecule has 0 spiro atoms. The maximum Gasteiger partial charge on any atom is 0.124 e. The Morgan fingerprint density at radius 3 is 2.53 bits per heavy atom. The lowest BCUT2D eigenvalue weighted by atomic mass is 9.98. The molecule has 1 unspecified atom stereocenters. The SMILES string of the molecule is Cc1ccc(Br)c(C(N)Cc2ccc(F)cc2Br)c1. The second-order valence-electron chi connectivity index (χ2n) is 4.57. The van der Waals surface area contributed by atoms with Gasteiger partial charge in [-0.2, -0.15) is 0 Å². The standard InChI is InChI=1S/C15H14Br2FN/c1-9-2-5-13(16)12(6-9)15(19)7-10-3-4-11(18)8-14(10)17/h2-6,8,15H,7,19H2,1H3. The summed E-state index contributed by atoms with van der Waals surface area (Å²) in [5.41, 5.74) is 9.50. The summed E-state index contributed by atoms with van der Waals surface area (Å²) in [4.78, 5) is 0. The molecular weight excluding hydrogens is 373 g/mol. The van der Waals surface area contributed by atoms with E-state index >= 15 is 0 Å². The van der Waals surface area contributed by atoms with Gasteiger partial charge in [0.15, 0.2) is 0 Å². The topological polar surface area (TPSA) is 26.0 Å². The fourth-order valence-corrected chi connectivity index (χ4v) is 3.03. The molecule has 0 aromatic heterocycles. The van der Waals surface area contributed by atoms with Crippen LogP contribution in [-0.2, 0) is 6.42 Å². The zero-order valence-electron chi connectivity index (χ0n) is 10.5. The number of hydrogen-bond acceptors (Lipinski definition) is 1. The van der Waals surface area contributed by atoms with E-state index in [1.54, 1.807) is 6.07 Å². The summed E-state index contributed by atoms with van der Waals surface area (Å²) in [6.07, 6.45) is 0.656. The van der Waals surface area contributed by atoms with Gasteiger partial charge in [0.05, 0.1) is 0 Å². The van der Waals surface area contributed by atoms with E-state index in [1.807, 2.05) is 19.1 Å². The van der Waals surface area contributed by atoms with Gasteiger partial charge >= 0.3 is 0 Å². The molecule has 0 saturated carbocycles. The van der Waals surface area contributed by atoms with Gasteiger partial charge in [0, 0.05) is 15.0 Å². The number of hydrogen-bond donors (Lipinski definition) is 1. The smallest absolute Gasteiger partial charge is 0.124 e. The van der Waals surface area contributed by atoms with Crippen molar-refractivity contribution in [1.29, 1.82) is 0 Å². The van der Waals surface area contributed by atoms with Crippen molar-refractivity contribution in [2.75, 3.05) is 0 Å². The molecule has 2 aromatic carbocycles. The van der Waals surface area contributed by atoms with E-state index < -0.39 is 0 Å². The molecule has 0 aliphatic rings. The van der Waals surface area contributed by atoms with Gasteiger partial charge in [-0.05, 0) is 42.7 Å². The van der Waals surface area contributed by atoms with Gasteiger partial charge in [-0.15, -0.1) is 0 Å². The van der Waals surface area contributed by atoms with Crippen LogP contribution in [0.4, 0.5) is 4.39 Å². The lowest BCUT2D eigenvalue weighted by Crippen LogP contribution is -2.14. The highest BCUT2D eigenvalue weighted by Gasteiger charge is 2.13. The Kier molecular flexibility index (Phi) is 4.76. The van der Waals surface area contributed by atoms with Crippen molar-refractivity contribution in [2.24, 2.45) is 5.73 Å². The molecule has 19 heavy (non-hydrogen) atoms. The predicted molar refractivity (Wildman–Crippen MR) is 83.6 cm³/mol. The summed E-state index contributed by atoms with van der Waals surface area (Å²) < 4.78 is 14.8. The molecular formula is C15H14Br2FN. The number of benzene rings is 2. The fourth-order valence-electron chi connectivity index (χ4n) is 1.98. The summed E-state index contributed by atoms with van der Waals surface area (Å²) in [5, 5.41) is 0. The molecule has 0 radical (unpaired) electrons. The zero-order valence-corrected chi connectivity index (χ0v) is 13.6. The molecule has 0 bridgehead atoms. The van der Waals surface area contributed by atoms with Gasteiger partial charge in [-0.1, -0.05) is 55.6 Å². The van der Waals surface area contributed by atoms with Crippen LogP contribution >= 0.6 is 31.9 Å². The molecule has 0 amide bonds. The summed E-state index contributed by atoms with van der Waals surface area (Å²) in [6.45, 7) is 2.04. The molecule has 0 heterocycles. The normalized spacial score (nSPS) is 12.5. The van der Waals surface area contributed by atoms with E-state index in [1.165, 1.54) is 17.7 Å².